The van der Waals surface area contributed by atoms with E-state index in [-0.39, 0.29) is 23.3 Å². The predicted molar refractivity (Wildman–Crippen MR) is 111 cm³/mol. The molecule has 0 amide bonds. The highest BCUT2D eigenvalue weighted by atomic mass is 35.6. The minimum absolute atomic E-state index is 0.0719. The topological polar surface area (TPSA) is 55.7 Å². The fourth-order valence-corrected chi connectivity index (χ4v) is 3.07. The van der Waals surface area contributed by atoms with Gasteiger partial charge >= 0.3 is 0 Å². The third-order valence-corrected chi connectivity index (χ3v) is 4.70. The van der Waals surface area contributed by atoms with Crippen molar-refractivity contribution in [2.75, 3.05) is 0 Å². The van der Waals surface area contributed by atoms with Crippen molar-refractivity contribution in [1.29, 1.82) is 0 Å². The highest BCUT2D eigenvalue weighted by molar-refractivity contribution is 6.67. The average Bonchev–Trinajstić information content (AvgIpc) is 2.58. The standard InChI is InChI=1S/C17H9Cl6N3O/c1-8(27)9-4-2-6-11-10(9)5-3-7-12(11)13-24-14(16(18,19)20)26-15(25-13)17(21,22)23/h2-7H,1H3. The van der Waals surface area contributed by atoms with Crippen LogP contribution >= 0.6 is 69.6 Å². The second-order valence-electron chi connectivity index (χ2n) is 5.56. The van der Waals surface area contributed by atoms with Gasteiger partial charge in [-0.2, -0.15) is 0 Å². The number of ketones is 1. The number of Topliss-reactive ketones (excluding diaryl/α,β-unsaturated/α-hetero) is 1. The number of nitrogens with zero attached hydrogens (tertiary/aromatic N) is 3. The summed E-state index contributed by atoms with van der Waals surface area (Å²) in [5, 5.41) is 1.45. The number of hydrogen-bond donors (Lipinski definition) is 0. The second-order valence-corrected chi connectivity index (χ2v) is 10.1. The van der Waals surface area contributed by atoms with Crippen LogP contribution in [0.1, 0.15) is 28.9 Å². The molecular formula is C17H9Cl6N3O. The van der Waals surface area contributed by atoms with Gasteiger partial charge in [-0.15, -0.1) is 0 Å². The summed E-state index contributed by atoms with van der Waals surface area (Å²) in [5.41, 5.74) is 1.13. The van der Waals surface area contributed by atoms with Crippen LogP contribution in [0.4, 0.5) is 0 Å². The van der Waals surface area contributed by atoms with Crippen LogP contribution in [0.2, 0.25) is 0 Å². The Hall–Kier alpha value is -0.880. The van der Waals surface area contributed by atoms with Gasteiger partial charge in [-0.25, -0.2) is 15.0 Å². The van der Waals surface area contributed by atoms with Gasteiger partial charge in [0.05, 0.1) is 0 Å². The number of rotatable bonds is 2. The molecule has 0 N–H and O–H groups in total. The van der Waals surface area contributed by atoms with Crippen molar-refractivity contribution in [3.8, 4) is 11.4 Å². The molecular weight excluding hydrogens is 475 g/mol. The van der Waals surface area contributed by atoms with Crippen LogP contribution in [0, 0.1) is 0 Å². The molecule has 2 aromatic carbocycles. The van der Waals surface area contributed by atoms with E-state index in [1.54, 1.807) is 24.3 Å². The monoisotopic (exact) mass is 481 g/mol. The molecule has 0 saturated carbocycles. The Morgan fingerprint density at radius 1 is 0.778 bits per heavy atom. The van der Waals surface area contributed by atoms with E-state index in [9.17, 15) is 4.79 Å². The zero-order valence-electron chi connectivity index (χ0n) is 13.5. The smallest absolute Gasteiger partial charge is 0.250 e. The van der Waals surface area contributed by atoms with Gasteiger partial charge in [-0.1, -0.05) is 106 Å². The lowest BCUT2D eigenvalue weighted by Crippen LogP contribution is -2.16. The van der Waals surface area contributed by atoms with Crippen molar-refractivity contribution in [3.63, 3.8) is 0 Å². The number of aromatic nitrogens is 3. The SMILES string of the molecule is CC(=O)c1cccc2c(-c3nc(C(Cl)(Cl)Cl)nc(C(Cl)(Cl)Cl)n3)cccc12. The molecule has 0 aliphatic carbocycles. The molecule has 3 aromatic rings. The lowest BCUT2D eigenvalue weighted by atomic mass is 9.98. The summed E-state index contributed by atoms with van der Waals surface area (Å²) in [6.07, 6.45) is 0. The van der Waals surface area contributed by atoms with Gasteiger partial charge in [-0.05, 0) is 17.7 Å². The van der Waals surface area contributed by atoms with Crippen LogP contribution in [0.15, 0.2) is 36.4 Å². The van der Waals surface area contributed by atoms with Gasteiger partial charge < -0.3 is 0 Å². The lowest BCUT2D eigenvalue weighted by molar-refractivity contribution is 0.101. The lowest BCUT2D eigenvalue weighted by Gasteiger charge is -2.16. The largest absolute Gasteiger partial charge is 0.294 e. The van der Waals surface area contributed by atoms with Crippen molar-refractivity contribution in [2.24, 2.45) is 0 Å². The molecule has 0 atom stereocenters. The van der Waals surface area contributed by atoms with Gasteiger partial charge in [0.2, 0.25) is 7.59 Å². The third-order valence-electron chi connectivity index (χ3n) is 3.68. The Morgan fingerprint density at radius 2 is 1.30 bits per heavy atom. The normalized spacial score (nSPS) is 12.4. The average molecular weight is 484 g/mol. The van der Waals surface area contributed by atoms with Crippen molar-refractivity contribution in [2.45, 2.75) is 14.5 Å². The maximum absolute atomic E-state index is 11.9. The molecule has 10 heteroatoms. The minimum Gasteiger partial charge on any atom is -0.294 e. The number of carbonyl (C=O) groups excluding carboxylic acids is 1. The molecule has 0 bridgehead atoms. The first kappa shape index (κ1) is 20.8. The maximum Gasteiger partial charge on any atom is 0.250 e. The first-order valence-corrected chi connectivity index (χ1v) is 9.69. The van der Waals surface area contributed by atoms with Crippen LogP contribution in [0.3, 0.4) is 0 Å². The minimum atomic E-state index is -1.95. The fraction of sp³-hybridized carbons (Fsp3) is 0.176. The van der Waals surface area contributed by atoms with Gasteiger partial charge in [0.1, 0.15) is 0 Å². The summed E-state index contributed by atoms with van der Waals surface area (Å²) < 4.78 is -3.89. The maximum atomic E-state index is 11.9. The van der Waals surface area contributed by atoms with Crippen molar-refractivity contribution >= 4 is 86.2 Å². The predicted octanol–water partition coefficient (Wildman–Crippen LogP) is 6.55. The molecule has 140 valence electrons. The number of alkyl halides is 6. The van der Waals surface area contributed by atoms with Gasteiger partial charge in [0, 0.05) is 11.1 Å². The zero-order chi connectivity index (χ0) is 20.0. The molecule has 0 saturated heterocycles. The number of fused-ring (bicyclic) bond motifs is 1. The molecule has 0 aliphatic heterocycles. The summed E-state index contributed by atoms with van der Waals surface area (Å²) in [6.45, 7) is 1.49. The Morgan fingerprint density at radius 3 is 1.81 bits per heavy atom. The van der Waals surface area contributed by atoms with Crippen LogP contribution in [-0.2, 0) is 7.59 Å². The first-order chi connectivity index (χ1) is 12.5. The molecule has 0 aliphatic rings. The highest BCUT2D eigenvalue weighted by Gasteiger charge is 2.34. The third kappa shape index (κ3) is 4.42. The Bertz CT molecular complexity index is 1010. The summed E-state index contributed by atoms with van der Waals surface area (Å²) in [5.74, 6) is -0.284. The van der Waals surface area contributed by atoms with Crippen molar-refractivity contribution in [3.05, 3.63) is 53.6 Å². The molecule has 1 heterocycles. The van der Waals surface area contributed by atoms with Gasteiger partial charge in [0.25, 0.3) is 0 Å². The molecule has 4 nitrogen and oxygen atoms in total. The number of hydrogen-bond acceptors (Lipinski definition) is 4. The molecule has 27 heavy (non-hydrogen) atoms. The van der Waals surface area contributed by atoms with Crippen LogP contribution in [-0.4, -0.2) is 20.7 Å². The van der Waals surface area contributed by atoms with Crippen LogP contribution in [0.5, 0.6) is 0 Å². The summed E-state index contributed by atoms with van der Waals surface area (Å²) in [4.78, 5) is 24.4. The summed E-state index contributed by atoms with van der Waals surface area (Å²) in [7, 11) is 0. The number of carbonyl (C=O) groups is 1. The van der Waals surface area contributed by atoms with E-state index in [1.165, 1.54) is 6.92 Å². The van der Waals surface area contributed by atoms with E-state index in [0.29, 0.717) is 11.1 Å². The summed E-state index contributed by atoms with van der Waals surface area (Å²) >= 11 is 35.6. The van der Waals surface area contributed by atoms with E-state index in [4.69, 9.17) is 69.6 Å². The van der Waals surface area contributed by atoms with Crippen LogP contribution < -0.4 is 0 Å². The van der Waals surface area contributed by atoms with Crippen molar-refractivity contribution < 1.29 is 4.79 Å². The van der Waals surface area contributed by atoms with Crippen LogP contribution in [0.25, 0.3) is 22.2 Å². The van der Waals surface area contributed by atoms with Gasteiger partial charge in [0.15, 0.2) is 23.3 Å². The molecule has 0 unspecified atom stereocenters. The quantitative estimate of drug-likeness (QED) is 0.306. The Kier molecular flexibility index (Phi) is 5.80. The van der Waals surface area contributed by atoms with E-state index in [1.807, 2.05) is 12.1 Å². The molecule has 3 rings (SSSR count). The fourth-order valence-electron chi connectivity index (χ4n) is 2.56. The van der Waals surface area contributed by atoms with Gasteiger partial charge in [-0.3, -0.25) is 4.79 Å². The summed E-state index contributed by atoms with van der Waals surface area (Å²) in [6, 6.07) is 10.7. The van der Waals surface area contributed by atoms with E-state index in [2.05, 4.69) is 15.0 Å². The second kappa shape index (κ2) is 7.51. The van der Waals surface area contributed by atoms with E-state index >= 15 is 0 Å². The van der Waals surface area contributed by atoms with E-state index < -0.39 is 7.59 Å². The molecule has 1 aromatic heterocycles. The zero-order valence-corrected chi connectivity index (χ0v) is 18.0. The molecule has 0 fully saturated rings. The number of benzene rings is 2. The Labute approximate surface area is 184 Å². The number of halogens is 6. The highest BCUT2D eigenvalue weighted by Crippen LogP contribution is 2.41. The first-order valence-electron chi connectivity index (χ1n) is 7.42. The Balaban J connectivity index is 2.34. The van der Waals surface area contributed by atoms with Crippen molar-refractivity contribution in [1.82, 2.24) is 15.0 Å². The molecule has 0 spiro atoms. The van der Waals surface area contributed by atoms with E-state index in [0.717, 1.165) is 10.8 Å². The molecule has 0 radical (unpaired) electrons.